The Bertz CT molecular complexity index is 1020. The standard InChI is InChI=1S/C20H21ClN2O4S/c1-13-3-5-14(6-4-13)11-23-12-15(9-19(23)24)20(25)22-18-10-16(28(2,26)27)7-8-17(18)21/h3-8,10,15H,9,11-12H2,1-2H3,(H,22,25)/t15-/m1/s1. The number of aryl methyl sites for hydroxylation is 1. The highest BCUT2D eigenvalue weighted by atomic mass is 35.5. The maximum Gasteiger partial charge on any atom is 0.229 e. The van der Waals surface area contributed by atoms with Crippen molar-refractivity contribution >= 4 is 38.9 Å². The number of amides is 2. The van der Waals surface area contributed by atoms with E-state index < -0.39 is 15.8 Å². The van der Waals surface area contributed by atoms with Crippen molar-refractivity contribution in [3.05, 3.63) is 58.6 Å². The maximum atomic E-state index is 12.6. The van der Waals surface area contributed by atoms with Crippen molar-refractivity contribution in [2.24, 2.45) is 5.92 Å². The fourth-order valence-corrected chi connectivity index (χ4v) is 3.89. The molecule has 2 aromatic carbocycles. The number of nitrogens with zero attached hydrogens (tertiary/aromatic N) is 1. The fourth-order valence-electron chi connectivity index (χ4n) is 3.08. The molecular formula is C20H21ClN2O4S. The van der Waals surface area contributed by atoms with Crippen LogP contribution in [0.1, 0.15) is 17.5 Å². The van der Waals surface area contributed by atoms with E-state index in [2.05, 4.69) is 5.32 Å². The van der Waals surface area contributed by atoms with Crippen LogP contribution in [-0.4, -0.2) is 37.9 Å². The van der Waals surface area contributed by atoms with Crippen LogP contribution in [0.5, 0.6) is 0 Å². The molecule has 1 fully saturated rings. The first-order chi connectivity index (χ1) is 13.1. The molecule has 1 saturated heterocycles. The minimum absolute atomic E-state index is 0.0655. The first-order valence-corrected chi connectivity index (χ1v) is 11.0. The number of nitrogens with one attached hydrogen (secondary N) is 1. The molecule has 6 nitrogen and oxygen atoms in total. The van der Waals surface area contributed by atoms with Crippen molar-refractivity contribution in [1.82, 2.24) is 4.90 Å². The summed E-state index contributed by atoms with van der Waals surface area (Å²) in [7, 11) is -3.42. The molecule has 3 rings (SSSR count). The lowest BCUT2D eigenvalue weighted by molar-refractivity contribution is -0.128. The Hall–Kier alpha value is -2.38. The summed E-state index contributed by atoms with van der Waals surface area (Å²) in [5.41, 5.74) is 2.37. The number of rotatable bonds is 5. The van der Waals surface area contributed by atoms with Crippen molar-refractivity contribution in [3.63, 3.8) is 0 Å². The molecule has 0 aliphatic carbocycles. The van der Waals surface area contributed by atoms with Gasteiger partial charge in [0.15, 0.2) is 9.84 Å². The van der Waals surface area contributed by atoms with Gasteiger partial charge in [-0.25, -0.2) is 8.42 Å². The van der Waals surface area contributed by atoms with Crippen LogP contribution >= 0.6 is 11.6 Å². The van der Waals surface area contributed by atoms with E-state index in [1.807, 2.05) is 31.2 Å². The Balaban J connectivity index is 1.69. The Morgan fingerprint density at radius 3 is 2.54 bits per heavy atom. The number of hydrogen-bond donors (Lipinski definition) is 1. The highest BCUT2D eigenvalue weighted by molar-refractivity contribution is 7.90. The van der Waals surface area contributed by atoms with Gasteiger partial charge in [-0.15, -0.1) is 0 Å². The third-order valence-corrected chi connectivity index (χ3v) is 6.14. The Morgan fingerprint density at radius 1 is 1.21 bits per heavy atom. The molecule has 0 saturated carbocycles. The predicted octanol–water partition coefficient (Wildman–Crippen LogP) is 3.04. The van der Waals surface area contributed by atoms with E-state index in [1.165, 1.54) is 18.2 Å². The van der Waals surface area contributed by atoms with Gasteiger partial charge in [0.2, 0.25) is 11.8 Å². The zero-order chi connectivity index (χ0) is 20.5. The van der Waals surface area contributed by atoms with Crippen molar-refractivity contribution in [1.29, 1.82) is 0 Å². The molecule has 0 spiro atoms. The van der Waals surface area contributed by atoms with E-state index in [1.54, 1.807) is 4.90 Å². The van der Waals surface area contributed by atoms with Gasteiger partial charge in [0.25, 0.3) is 0 Å². The molecule has 1 aliphatic rings. The molecule has 0 radical (unpaired) electrons. The van der Waals surface area contributed by atoms with Gasteiger partial charge in [0, 0.05) is 25.8 Å². The Labute approximate surface area is 169 Å². The molecular weight excluding hydrogens is 400 g/mol. The van der Waals surface area contributed by atoms with Gasteiger partial charge < -0.3 is 10.2 Å². The average molecular weight is 421 g/mol. The van der Waals surface area contributed by atoms with Gasteiger partial charge >= 0.3 is 0 Å². The summed E-state index contributed by atoms with van der Waals surface area (Å²) in [6, 6.07) is 12.0. The maximum absolute atomic E-state index is 12.6. The van der Waals surface area contributed by atoms with Crippen LogP contribution in [-0.2, 0) is 26.0 Å². The predicted molar refractivity (Wildman–Crippen MR) is 108 cm³/mol. The molecule has 1 atom stereocenters. The number of halogens is 1. The quantitative estimate of drug-likeness (QED) is 0.805. The van der Waals surface area contributed by atoms with Gasteiger partial charge in [0.1, 0.15) is 0 Å². The number of likely N-dealkylation sites (tertiary alicyclic amines) is 1. The molecule has 1 heterocycles. The highest BCUT2D eigenvalue weighted by Gasteiger charge is 2.34. The minimum atomic E-state index is -3.42. The third kappa shape index (κ3) is 4.72. The smallest absolute Gasteiger partial charge is 0.229 e. The summed E-state index contributed by atoms with van der Waals surface area (Å²) in [4.78, 5) is 26.6. The summed E-state index contributed by atoms with van der Waals surface area (Å²) in [6.45, 7) is 2.75. The molecule has 8 heteroatoms. The second-order valence-electron chi connectivity index (χ2n) is 7.06. The van der Waals surface area contributed by atoms with E-state index >= 15 is 0 Å². The summed E-state index contributed by atoms with van der Waals surface area (Å²) in [5.74, 6) is -0.958. The number of carbonyl (C=O) groups is 2. The van der Waals surface area contributed by atoms with Crippen LogP contribution in [0.15, 0.2) is 47.4 Å². The lowest BCUT2D eigenvalue weighted by atomic mass is 10.1. The fraction of sp³-hybridized carbons (Fsp3) is 0.300. The van der Waals surface area contributed by atoms with Crippen molar-refractivity contribution in [3.8, 4) is 0 Å². The number of hydrogen-bond acceptors (Lipinski definition) is 4. The number of carbonyl (C=O) groups excluding carboxylic acids is 2. The topological polar surface area (TPSA) is 83.6 Å². The largest absolute Gasteiger partial charge is 0.338 e. The van der Waals surface area contributed by atoms with E-state index in [4.69, 9.17) is 11.6 Å². The first kappa shape index (κ1) is 20.4. The van der Waals surface area contributed by atoms with Crippen LogP contribution in [0, 0.1) is 12.8 Å². The molecule has 28 heavy (non-hydrogen) atoms. The molecule has 1 N–H and O–H groups in total. The zero-order valence-electron chi connectivity index (χ0n) is 15.6. The van der Waals surface area contributed by atoms with Crippen LogP contribution in [0.3, 0.4) is 0 Å². The van der Waals surface area contributed by atoms with Gasteiger partial charge in [-0.3, -0.25) is 9.59 Å². The van der Waals surface area contributed by atoms with Crippen molar-refractivity contribution < 1.29 is 18.0 Å². The summed E-state index contributed by atoms with van der Waals surface area (Å²) >= 11 is 6.09. The summed E-state index contributed by atoms with van der Waals surface area (Å²) in [5, 5.41) is 2.90. The van der Waals surface area contributed by atoms with Crippen LogP contribution in [0.4, 0.5) is 5.69 Å². The first-order valence-electron chi connectivity index (χ1n) is 8.77. The van der Waals surface area contributed by atoms with Crippen molar-refractivity contribution in [2.45, 2.75) is 24.8 Å². The van der Waals surface area contributed by atoms with Crippen LogP contribution < -0.4 is 5.32 Å². The monoisotopic (exact) mass is 420 g/mol. The second-order valence-corrected chi connectivity index (χ2v) is 9.49. The second kappa shape index (κ2) is 7.93. The molecule has 2 amide bonds. The lowest BCUT2D eigenvalue weighted by Gasteiger charge is -2.17. The van der Waals surface area contributed by atoms with Gasteiger partial charge in [-0.1, -0.05) is 41.4 Å². The molecule has 0 aromatic heterocycles. The summed E-state index contributed by atoms with van der Waals surface area (Å²) < 4.78 is 23.4. The minimum Gasteiger partial charge on any atom is -0.338 e. The molecule has 148 valence electrons. The average Bonchev–Trinajstić information content (AvgIpc) is 2.98. The van der Waals surface area contributed by atoms with Gasteiger partial charge in [-0.05, 0) is 30.7 Å². The van der Waals surface area contributed by atoms with Gasteiger partial charge in [-0.2, -0.15) is 0 Å². The number of anilines is 1. The number of sulfone groups is 1. The van der Waals surface area contributed by atoms with Gasteiger partial charge in [0.05, 0.1) is 21.5 Å². The van der Waals surface area contributed by atoms with E-state index in [0.29, 0.717) is 13.1 Å². The molecule has 0 bridgehead atoms. The lowest BCUT2D eigenvalue weighted by Crippen LogP contribution is -2.28. The molecule has 2 aromatic rings. The van der Waals surface area contributed by atoms with E-state index in [-0.39, 0.29) is 33.8 Å². The SMILES string of the molecule is Cc1ccc(CN2C[C@H](C(=O)Nc3cc(S(C)(=O)=O)ccc3Cl)CC2=O)cc1. The molecule has 0 unspecified atom stereocenters. The van der Waals surface area contributed by atoms with E-state index in [9.17, 15) is 18.0 Å². The Kier molecular flexibility index (Phi) is 5.76. The summed E-state index contributed by atoms with van der Waals surface area (Å²) in [6.07, 6.45) is 1.20. The van der Waals surface area contributed by atoms with Crippen LogP contribution in [0.2, 0.25) is 5.02 Å². The van der Waals surface area contributed by atoms with E-state index in [0.717, 1.165) is 17.4 Å². The number of benzene rings is 2. The zero-order valence-corrected chi connectivity index (χ0v) is 17.2. The van der Waals surface area contributed by atoms with Crippen molar-refractivity contribution in [2.75, 3.05) is 18.1 Å². The highest BCUT2D eigenvalue weighted by Crippen LogP contribution is 2.27. The normalized spacial score (nSPS) is 17.0. The van der Waals surface area contributed by atoms with Crippen LogP contribution in [0.25, 0.3) is 0 Å². The Morgan fingerprint density at radius 2 is 1.89 bits per heavy atom. The third-order valence-electron chi connectivity index (χ3n) is 4.70. The molecule has 1 aliphatic heterocycles.